The van der Waals surface area contributed by atoms with Crippen LogP contribution in [0.5, 0.6) is 0 Å². The second kappa shape index (κ2) is 5.19. The minimum atomic E-state index is 0.485. The number of nitrogens with one attached hydrogen (secondary N) is 1. The van der Waals surface area contributed by atoms with Crippen molar-refractivity contribution in [1.82, 2.24) is 10.3 Å². The van der Waals surface area contributed by atoms with Crippen LogP contribution in [-0.4, -0.2) is 22.5 Å². The zero-order valence-electron chi connectivity index (χ0n) is 10.1. The van der Waals surface area contributed by atoms with E-state index in [0.717, 1.165) is 6.54 Å². The molecule has 1 N–H and O–H groups in total. The molecule has 0 bridgehead atoms. The van der Waals surface area contributed by atoms with Gasteiger partial charge in [0.1, 0.15) is 0 Å². The first-order valence-corrected chi connectivity index (χ1v) is 7.01. The molecule has 0 spiro atoms. The molecule has 0 aliphatic carbocycles. The average Bonchev–Trinajstić information content (AvgIpc) is 2.27. The number of nitrogens with zero attached hydrogens (tertiary/aromatic N) is 1. The predicted molar refractivity (Wildman–Crippen MR) is 70.6 cm³/mol. The molecule has 0 amide bonds. The van der Waals surface area contributed by atoms with Gasteiger partial charge in [0.25, 0.3) is 0 Å². The molecule has 88 valence electrons. The van der Waals surface area contributed by atoms with E-state index < -0.39 is 0 Å². The molecule has 1 fully saturated rings. The van der Waals surface area contributed by atoms with Gasteiger partial charge in [-0.25, -0.2) is 0 Å². The Kier molecular flexibility index (Phi) is 3.87. The molecular weight excluding hydrogens is 216 g/mol. The van der Waals surface area contributed by atoms with Gasteiger partial charge in [-0.1, -0.05) is 13.8 Å². The third-order valence-electron chi connectivity index (χ3n) is 2.96. The van der Waals surface area contributed by atoms with E-state index in [1.165, 1.54) is 23.5 Å². The maximum absolute atomic E-state index is 4.03. The van der Waals surface area contributed by atoms with Crippen LogP contribution in [0.3, 0.4) is 0 Å². The largest absolute Gasteiger partial charge is 0.309 e. The summed E-state index contributed by atoms with van der Waals surface area (Å²) in [5.41, 5.74) is 1.81. The molecule has 1 aliphatic rings. The zero-order chi connectivity index (χ0) is 11.4. The van der Waals surface area contributed by atoms with E-state index >= 15 is 0 Å². The van der Waals surface area contributed by atoms with E-state index in [2.05, 4.69) is 48.0 Å². The van der Waals surface area contributed by atoms with Crippen molar-refractivity contribution < 1.29 is 0 Å². The van der Waals surface area contributed by atoms with Crippen LogP contribution >= 0.6 is 11.8 Å². The minimum Gasteiger partial charge on any atom is -0.309 e. The first kappa shape index (κ1) is 11.9. The second-order valence-electron chi connectivity index (χ2n) is 5.32. The van der Waals surface area contributed by atoms with Gasteiger partial charge in [-0.3, -0.25) is 4.98 Å². The van der Waals surface area contributed by atoms with Gasteiger partial charge in [0.15, 0.2) is 0 Å². The van der Waals surface area contributed by atoms with Crippen molar-refractivity contribution in [3.05, 3.63) is 30.1 Å². The topological polar surface area (TPSA) is 24.9 Å². The quantitative estimate of drug-likeness (QED) is 0.873. The summed E-state index contributed by atoms with van der Waals surface area (Å²) in [4.78, 5) is 4.03. The lowest BCUT2D eigenvalue weighted by molar-refractivity contribution is 0.317. The van der Waals surface area contributed by atoms with Crippen molar-refractivity contribution >= 4 is 11.8 Å². The Hall–Kier alpha value is -0.540. The zero-order valence-corrected chi connectivity index (χ0v) is 10.9. The van der Waals surface area contributed by atoms with Crippen molar-refractivity contribution in [2.75, 3.05) is 11.5 Å². The lowest BCUT2D eigenvalue weighted by Gasteiger charge is -2.35. The summed E-state index contributed by atoms with van der Waals surface area (Å²) in [6.07, 6.45) is 5.00. The summed E-state index contributed by atoms with van der Waals surface area (Å²) in [6.45, 7) is 5.68. The van der Waals surface area contributed by atoms with Gasteiger partial charge in [0.2, 0.25) is 0 Å². The number of rotatable bonds is 3. The lowest BCUT2D eigenvalue weighted by Crippen LogP contribution is -2.39. The van der Waals surface area contributed by atoms with Gasteiger partial charge in [0, 0.05) is 30.7 Å². The Bertz CT molecular complexity index is 324. The molecule has 1 aromatic rings. The number of pyridine rings is 1. The molecule has 1 aromatic heterocycles. The summed E-state index contributed by atoms with van der Waals surface area (Å²) in [6, 6.07) is 4.81. The Balaban J connectivity index is 1.82. The SMILES string of the molecule is CC1(C)CSCC(NCc2ccncc2)C1. The van der Waals surface area contributed by atoms with Gasteiger partial charge < -0.3 is 5.32 Å². The van der Waals surface area contributed by atoms with Gasteiger partial charge in [-0.15, -0.1) is 0 Å². The van der Waals surface area contributed by atoms with Crippen LogP contribution in [0.1, 0.15) is 25.8 Å². The van der Waals surface area contributed by atoms with E-state index in [4.69, 9.17) is 0 Å². The highest BCUT2D eigenvalue weighted by atomic mass is 32.2. The Morgan fingerprint density at radius 3 is 2.88 bits per heavy atom. The standard InChI is InChI=1S/C13H20N2S/c1-13(2)7-12(9-16-10-13)15-8-11-3-5-14-6-4-11/h3-6,12,15H,7-10H2,1-2H3. The second-order valence-corrected chi connectivity index (χ2v) is 6.35. The van der Waals surface area contributed by atoms with Gasteiger partial charge >= 0.3 is 0 Å². The van der Waals surface area contributed by atoms with Crippen LogP contribution in [0.15, 0.2) is 24.5 Å². The monoisotopic (exact) mass is 236 g/mol. The summed E-state index contributed by atoms with van der Waals surface area (Å²) >= 11 is 2.07. The van der Waals surface area contributed by atoms with Crippen LogP contribution in [0.4, 0.5) is 0 Å². The fraction of sp³-hybridized carbons (Fsp3) is 0.615. The molecule has 2 rings (SSSR count). The van der Waals surface area contributed by atoms with Gasteiger partial charge in [-0.2, -0.15) is 11.8 Å². The molecule has 0 saturated carbocycles. The highest BCUT2D eigenvalue weighted by Gasteiger charge is 2.27. The highest BCUT2D eigenvalue weighted by molar-refractivity contribution is 7.99. The maximum Gasteiger partial charge on any atom is 0.0271 e. The fourth-order valence-corrected chi connectivity index (χ4v) is 3.46. The van der Waals surface area contributed by atoms with Crippen LogP contribution in [0, 0.1) is 5.41 Å². The van der Waals surface area contributed by atoms with Crippen molar-refractivity contribution in [3.63, 3.8) is 0 Å². The van der Waals surface area contributed by atoms with Crippen molar-refractivity contribution in [3.8, 4) is 0 Å². The van der Waals surface area contributed by atoms with E-state index in [1.807, 2.05) is 12.4 Å². The van der Waals surface area contributed by atoms with Crippen LogP contribution in [-0.2, 0) is 6.54 Å². The van der Waals surface area contributed by atoms with E-state index in [-0.39, 0.29) is 0 Å². The summed E-state index contributed by atoms with van der Waals surface area (Å²) in [7, 11) is 0. The van der Waals surface area contributed by atoms with Crippen molar-refractivity contribution in [1.29, 1.82) is 0 Å². The Labute approximate surface area is 102 Å². The molecule has 1 saturated heterocycles. The molecule has 16 heavy (non-hydrogen) atoms. The van der Waals surface area contributed by atoms with Gasteiger partial charge in [0.05, 0.1) is 0 Å². The van der Waals surface area contributed by atoms with Gasteiger partial charge in [-0.05, 0) is 35.3 Å². The van der Waals surface area contributed by atoms with E-state index in [0.29, 0.717) is 11.5 Å². The normalized spacial score (nSPS) is 24.2. The molecule has 1 aliphatic heterocycles. The Morgan fingerprint density at radius 2 is 2.19 bits per heavy atom. The fourth-order valence-electron chi connectivity index (χ4n) is 2.16. The Morgan fingerprint density at radius 1 is 1.44 bits per heavy atom. The third-order valence-corrected chi connectivity index (χ3v) is 4.58. The molecular formula is C13H20N2S. The summed E-state index contributed by atoms with van der Waals surface area (Å²) in [5.74, 6) is 2.54. The molecule has 3 heteroatoms. The van der Waals surface area contributed by atoms with Crippen molar-refractivity contribution in [2.24, 2.45) is 5.41 Å². The molecule has 1 atom stereocenters. The number of hydrogen-bond donors (Lipinski definition) is 1. The van der Waals surface area contributed by atoms with Crippen LogP contribution < -0.4 is 5.32 Å². The smallest absolute Gasteiger partial charge is 0.0271 e. The van der Waals surface area contributed by atoms with Crippen LogP contribution in [0.25, 0.3) is 0 Å². The number of hydrogen-bond acceptors (Lipinski definition) is 3. The molecule has 1 unspecified atom stereocenters. The lowest BCUT2D eigenvalue weighted by atomic mass is 9.88. The molecule has 2 heterocycles. The number of thioether (sulfide) groups is 1. The highest BCUT2D eigenvalue weighted by Crippen LogP contribution is 2.33. The third kappa shape index (κ3) is 3.49. The van der Waals surface area contributed by atoms with Crippen LogP contribution in [0.2, 0.25) is 0 Å². The average molecular weight is 236 g/mol. The maximum atomic E-state index is 4.03. The predicted octanol–water partition coefficient (Wildman–Crippen LogP) is 2.70. The summed E-state index contributed by atoms with van der Waals surface area (Å²) in [5, 5.41) is 3.64. The van der Waals surface area contributed by atoms with E-state index in [1.54, 1.807) is 0 Å². The molecule has 0 radical (unpaired) electrons. The molecule has 2 nitrogen and oxygen atoms in total. The molecule has 0 aromatic carbocycles. The van der Waals surface area contributed by atoms with E-state index in [9.17, 15) is 0 Å². The van der Waals surface area contributed by atoms with Crippen molar-refractivity contribution in [2.45, 2.75) is 32.9 Å². The number of aromatic nitrogens is 1. The first-order chi connectivity index (χ1) is 7.66. The minimum absolute atomic E-state index is 0.485. The first-order valence-electron chi connectivity index (χ1n) is 5.86. The summed E-state index contributed by atoms with van der Waals surface area (Å²) < 4.78 is 0.